The summed E-state index contributed by atoms with van der Waals surface area (Å²) < 4.78 is 5.10. The van der Waals surface area contributed by atoms with Gasteiger partial charge in [-0.05, 0) is 24.8 Å². The first-order chi connectivity index (χ1) is 7.86. The molecule has 1 aromatic carbocycles. The molecule has 3 nitrogen and oxygen atoms in total. The third kappa shape index (κ3) is 1.40. The fourth-order valence-corrected chi connectivity index (χ4v) is 2.53. The maximum Gasteiger partial charge on any atom is 0.226 e. The molecule has 2 aromatic rings. The first kappa shape index (κ1) is 9.46. The fourth-order valence-electron chi connectivity index (χ4n) is 2.53. The average Bonchev–Trinajstić information content (AvgIpc) is 2.73. The maximum atomic E-state index is 5.86. The van der Waals surface area contributed by atoms with Crippen LogP contribution in [-0.2, 0) is 6.42 Å². The van der Waals surface area contributed by atoms with E-state index in [1.165, 1.54) is 5.56 Å². The second-order valence-electron chi connectivity index (χ2n) is 4.26. The first-order valence-corrected chi connectivity index (χ1v) is 5.65. The zero-order valence-electron chi connectivity index (χ0n) is 9.02. The summed E-state index contributed by atoms with van der Waals surface area (Å²) in [5, 5.41) is 4.03. The lowest BCUT2D eigenvalue weighted by atomic mass is 9.82. The van der Waals surface area contributed by atoms with Gasteiger partial charge in [0.1, 0.15) is 0 Å². The average molecular weight is 214 g/mol. The molecule has 0 bridgehead atoms. The van der Waals surface area contributed by atoms with E-state index in [1.54, 1.807) is 0 Å². The van der Waals surface area contributed by atoms with Crippen molar-refractivity contribution in [2.24, 2.45) is 0 Å². The predicted molar refractivity (Wildman–Crippen MR) is 62.1 cm³/mol. The quantitative estimate of drug-likeness (QED) is 0.794. The van der Waals surface area contributed by atoms with Crippen LogP contribution in [0.1, 0.15) is 35.6 Å². The first-order valence-electron chi connectivity index (χ1n) is 5.65. The molecule has 0 fully saturated rings. The number of benzene rings is 1. The van der Waals surface area contributed by atoms with Gasteiger partial charge in [0, 0.05) is 11.5 Å². The molecule has 1 aliphatic carbocycles. The molecule has 1 atom stereocenters. The summed E-state index contributed by atoms with van der Waals surface area (Å²) in [6.07, 6.45) is 3.26. The number of aryl methyl sites for hydroxylation is 1. The number of nitrogens with two attached hydrogens (primary N) is 1. The summed E-state index contributed by atoms with van der Waals surface area (Å²) in [6, 6.07) is 10.4. The van der Waals surface area contributed by atoms with E-state index in [1.807, 2.05) is 6.07 Å². The van der Waals surface area contributed by atoms with E-state index in [-0.39, 0.29) is 0 Å². The van der Waals surface area contributed by atoms with E-state index < -0.39 is 0 Å². The van der Waals surface area contributed by atoms with Gasteiger partial charge >= 0.3 is 0 Å². The van der Waals surface area contributed by atoms with Gasteiger partial charge < -0.3 is 10.3 Å². The van der Waals surface area contributed by atoms with E-state index in [0.717, 1.165) is 30.5 Å². The number of fused-ring (bicyclic) bond motifs is 1. The predicted octanol–water partition coefficient (Wildman–Crippen LogP) is 2.73. The Balaban J connectivity index is 2.08. The highest BCUT2D eigenvalue weighted by Gasteiger charge is 2.27. The summed E-state index contributed by atoms with van der Waals surface area (Å²) in [5.74, 6) is 0.847. The topological polar surface area (TPSA) is 52.0 Å². The zero-order valence-corrected chi connectivity index (χ0v) is 9.02. The minimum absolute atomic E-state index is 0.358. The molecule has 2 N–H and O–H groups in total. The standard InChI is InChI=1S/C13H14N2O/c14-13-12-10(9-5-2-1-3-6-9)7-4-8-11(12)15-16-13/h1-3,5-6,10H,4,7-8,14H2. The van der Waals surface area contributed by atoms with E-state index >= 15 is 0 Å². The van der Waals surface area contributed by atoms with E-state index in [4.69, 9.17) is 10.3 Å². The van der Waals surface area contributed by atoms with E-state index in [9.17, 15) is 0 Å². The lowest BCUT2D eigenvalue weighted by Gasteiger charge is -2.21. The molecule has 3 rings (SSSR count). The van der Waals surface area contributed by atoms with Crippen LogP contribution < -0.4 is 5.73 Å². The number of rotatable bonds is 1. The Kier molecular flexibility index (Phi) is 2.17. The molecule has 1 heterocycles. The third-order valence-electron chi connectivity index (χ3n) is 3.29. The zero-order chi connectivity index (χ0) is 11.0. The van der Waals surface area contributed by atoms with Gasteiger partial charge in [0.2, 0.25) is 5.88 Å². The van der Waals surface area contributed by atoms with E-state index in [2.05, 4.69) is 29.4 Å². The highest BCUT2D eigenvalue weighted by Crippen LogP contribution is 2.39. The highest BCUT2D eigenvalue weighted by atomic mass is 16.5. The van der Waals surface area contributed by atoms with Crippen LogP contribution in [0.2, 0.25) is 0 Å². The number of anilines is 1. The van der Waals surface area contributed by atoms with Crippen molar-refractivity contribution < 1.29 is 4.52 Å². The van der Waals surface area contributed by atoms with Crippen molar-refractivity contribution in [3.8, 4) is 0 Å². The third-order valence-corrected chi connectivity index (χ3v) is 3.29. The molecular formula is C13H14N2O. The minimum Gasteiger partial charge on any atom is -0.367 e. The molecule has 1 aliphatic rings. The summed E-state index contributed by atoms with van der Waals surface area (Å²) in [7, 11) is 0. The van der Waals surface area contributed by atoms with Crippen molar-refractivity contribution in [3.05, 3.63) is 47.2 Å². The van der Waals surface area contributed by atoms with Crippen LogP contribution in [0.3, 0.4) is 0 Å². The molecule has 1 unspecified atom stereocenters. The van der Waals surface area contributed by atoms with Gasteiger partial charge in [-0.1, -0.05) is 35.5 Å². The molecule has 0 aliphatic heterocycles. The molecule has 0 saturated carbocycles. The minimum atomic E-state index is 0.358. The smallest absolute Gasteiger partial charge is 0.226 e. The lowest BCUT2D eigenvalue weighted by molar-refractivity contribution is 0.427. The van der Waals surface area contributed by atoms with Crippen LogP contribution in [0.4, 0.5) is 5.88 Å². The summed E-state index contributed by atoms with van der Waals surface area (Å²) in [5.41, 5.74) is 9.31. The second-order valence-corrected chi connectivity index (χ2v) is 4.26. The van der Waals surface area contributed by atoms with Gasteiger partial charge in [-0.2, -0.15) is 0 Å². The van der Waals surface area contributed by atoms with Crippen molar-refractivity contribution in [1.82, 2.24) is 5.16 Å². The normalized spacial score (nSPS) is 19.4. The van der Waals surface area contributed by atoms with Gasteiger partial charge in [-0.3, -0.25) is 0 Å². The van der Waals surface area contributed by atoms with Crippen LogP contribution in [0.5, 0.6) is 0 Å². The van der Waals surface area contributed by atoms with Crippen molar-refractivity contribution in [2.45, 2.75) is 25.2 Å². The maximum absolute atomic E-state index is 5.86. The van der Waals surface area contributed by atoms with Crippen LogP contribution in [0.15, 0.2) is 34.9 Å². The van der Waals surface area contributed by atoms with Crippen LogP contribution >= 0.6 is 0 Å². The van der Waals surface area contributed by atoms with Crippen LogP contribution in [-0.4, -0.2) is 5.16 Å². The molecule has 0 amide bonds. The monoisotopic (exact) mass is 214 g/mol. The van der Waals surface area contributed by atoms with Crippen LogP contribution in [0.25, 0.3) is 0 Å². The SMILES string of the molecule is Nc1onc2c1C(c1ccccc1)CCC2. The lowest BCUT2D eigenvalue weighted by Crippen LogP contribution is -2.11. The molecule has 16 heavy (non-hydrogen) atoms. The van der Waals surface area contributed by atoms with Crippen molar-refractivity contribution in [3.63, 3.8) is 0 Å². The molecule has 0 radical (unpaired) electrons. The van der Waals surface area contributed by atoms with Crippen molar-refractivity contribution >= 4 is 5.88 Å². The largest absolute Gasteiger partial charge is 0.367 e. The molecule has 3 heteroatoms. The fraction of sp³-hybridized carbons (Fsp3) is 0.308. The Labute approximate surface area is 94.2 Å². The Bertz CT molecular complexity index is 490. The van der Waals surface area contributed by atoms with Gasteiger partial charge in [0.25, 0.3) is 0 Å². The number of aromatic nitrogens is 1. The molecule has 1 aromatic heterocycles. The highest BCUT2D eigenvalue weighted by molar-refractivity contribution is 5.48. The number of hydrogen-bond donors (Lipinski definition) is 1. The second kappa shape index (κ2) is 3.67. The Morgan fingerprint density at radius 2 is 2.06 bits per heavy atom. The molecule has 0 saturated heterocycles. The Morgan fingerprint density at radius 3 is 2.88 bits per heavy atom. The number of hydrogen-bond acceptors (Lipinski definition) is 3. The van der Waals surface area contributed by atoms with Gasteiger partial charge in [0.15, 0.2) is 0 Å². The number of nitrogen functional groups attached to an aromatic ring is 1. The number of nitrogens with zero attached hydrogens (tertiary/aromatic N) is 1. The van der Waals surface area contributed by atoms with Crippen LogP contribution in [0, 0.1) is 0 Å². The van der Waals surface area contributed by atoms with Gasteiger partial charge in [-0.15, -0.1) is 0 Å². The van der Waals surface area contributed by atoms with Crippen molar-refractivity contribution in [2.75, 3.05) is 5.73 Å². The van der Waals surface area contributed by atoms with E-state index in [0.29, 0.717) is 11.8 Å². The molecule has 82 valence electrons. The summed E-state index contributed by atoms with van der Waals surface area (Å²) in [6.45, 7) is 0. The summed E-state index contributed by atoms with van der Waals surface area (Å²) >= 11 is 0. The van der Waals surface area contributed by atoms with Gasteiger partial charge in [-0.25, -0.2) is 0 Å². The molecular weight excluding hydrogens is 200 g/mol. The van der Waals surface area contributed by atoms with Gasteiger partial charge in [0.05, 0.1) is 5.69 Å². The summed E-state index contributed by atoms with van der Waals surface area (Å²) in [4.78, 5) is 0. The van der Waals surface area contributed by atoms with Crippen molar-refractivity contribution in [1.29, 1.82) is 0 Å². The molecule has 0 spiro atoms. The Hall–Kier alpha value is -1.77. The Morgan fingerprint density at radius 1 is 1.25 bits per heavy atom.